The zero-order valence-electron chi connectivity index (χ0n) is 19.2. The topological polar surface area (TPSA) is 289 Å². The molecule has 0 fully saturated rings. The summed E-state index contributed by atoms with van der Waals surface area (Å²) >= 11 is 0. The van der Waals surface area contributed by atoms with Gasteiger partial charge >= 0.3 is 17.9 Å². The lowest BCUT2D eigenvalue weighted by molar-refractivity contribution is -0.148. The first kappa shape index (κ1) is 30.3. The number of phenols is 1. The monoisotopic (exact) mass is 525 g/mol. The van der Waals surface area contributed by atoms with Gasteiger partial charge in [-0.1, -0.05) is 12.1 Å². The maximum atomic E-state index is 12.7. The van der Waals surface area contributed by atoms with Crippen molar-refractivity contribution < 1.29 is 54.0 Å². The number of nitrogens with two attached hydrogens (primary N) is 2. The van der Waals surface area contributed by atoms with Crippen LogP contribution in [0.25, 0.3) is 0 Å². The van der Waals surface area contributed by atoms with Crippen LogP contribution in [0.2, 0.25) is 0 Å². The third-order valence-corrected chi connectivity index (χ3v) is 4.77. The second-order valence-corrected chi connectivity index (χ2v) is 7.86. The molecule has 0 bridgehead atoms. The number of carbonyl (C=O) groups is 7. The second kappa shape index (κ2) is 14.0. The molecule has 1 aromatic rings. The number of benzene rings is 1. The van der Waals surface area contributed by atoms with Gasteiger partial charge in [-0.15, -0.1) is 0 Å². The van der Waals surface area contributed by atoms with E-state index in [1.165, 1.54) is 24.3 Å². The van der Waals surface area contributed by atoms with Gasteiger partial charge in [0, 0.05) is 0 Å². The molecule has 16 heteroatoms. The van der Waals surface area contributed by atoms with E-state index in [1.807, 2.05) is 10.6 Å². The molecule has 202 valence electrons. The maximum absolute atomic E-state index is 12.7. The average Bonchev–Trinajstić information content (AvgIpc) is 2.78. The van der Waals surface area contributed by atoms with Crippen LogP contribution in [-0.4, -0.2) is 86.1 Å². The van der Waals surface area contributed by atoms with Crippen molar-refractivity contribution >= 4 is 41.5 Å². The maximum Gasteiger partial charge on any atom is 0.326 e. The number of hydrogen-bond acceptors (Lipinski definition) is 9. The summed E-state index contributed by atoms with van der Waals surface area (Å²) in [6.07, 6.45) is -2.87. The Hall–Kier alpha value is -4.73. The van der Waals surface area contributed by atoms with Crippen LogP contribution in [0.5, 0.6) is 5.75 Å². The van der Waals surface area contributed by atoms with Crippen molar-refractivity contribution in [3.8, 4) is 5.75 Å². The number of carbonyl (C=O) groups excluding carboxylic acids is 4. The Morgan fingerprint density at radius 3 is 1.59 bits per heavy atom. The third-order valence-electron chi connectivity index (χ3n) is 4.77. The molecule has 0 spiro atoms. The van der Waals surface area contributed by atoms with Crippen molar-refractivity contribution in [1.82, 2.24) is 16.0 Å². The van der Waals surface area contributed by atoms with Crippen molar-refractivity contribution in [2.45, 2.75) is 49.9 Å². The molecular weight excluding hydrogens is 498 g/mol. The van der Waals surface area contributed by atoms with E-state index in [1.54, 1.807) is 0 Å². The summed E-state index contributed by atoms with van der Waals surface area (Å²) in [7, 11) is 0. The van der Waals surface area contributed by atoms with E-state index in [0.717, 1.165) is 0 Å². The van der Waals surface area contributed by atoms with Crippen LogP contribution in [0.3, 0.4) is 0 Å². The van der Waals surface area contributed by atoms with E-state index in [4.69, 9.17) is 26.8 Å². The average molecular weight is 525 g/mol. The minimum atomic E-state index is -1.93. The highest BCUT2D eigenvalue weighted by atomic mass is 16.4. The lowest BCUT2D eigenvalue weighted by Crippen LogP contribution is -2.58. The summed E-state index contributed by atoms with van der Waals surface area (Å²) in [5, 5.41) is 42.2. The van der Waals surface area contributed by atoms with Crippen LogP contribution in [0, 0.1) is 0 Å². The minimum absolute atomic E-state index is 0.0162. The van der Waals surface area contributed by atoms with Gasteiger partial charge in [0.05, 0.1) is 25.3 Å². The predicted octanol–water partition coefficient (Wildman–Crippen LogP) is -3.37. The first-order valence-electron chi connectivity index (χ1n) is 10.6. The number of aliphatic carboxylic acids is 3. The Balaban J connectivity index is 2.99. The number of primary amides is 1. The zero-order valence-corrected chi connectivity index (χ0v) is 19.2. The minimum Gasteiger partial charge on any atom is -0.508 e. The van der Waals surface area contributed by atoms with Crippen molar-refractivity contribution in [2.24, 2.45) is 11.5 Å². The third kappa shape index (κ3) is 11.0. The normalized spacial score (nSPS) is 13.8. The second-order valence-electron chi connectivity index (χ2n) is 7.86. The van der Waals surface area contributed by atoms with E-state index in [2.05, 4.69) is 5.32 Å². The first-order chi connectivity index (χ1) is 17.2. The Morgan fingerprint density at radius 2 is 1.14 bits per heavy atom. The molecule has 0 heterocycles. The molecule has 0 saturated carbocycles. The van der Waals surface area contributed by atoms with Gasteiger partial charge in [-0.25, -0.2) is 4.79 Å². The molecule has 0 aliphatic rings. The largest absolute Gasteiger partial charge is 0.508 e. The Kier molecular flexibility index (Phi) is 11.4. The molecule has 4 unspecified atom stereocenters. The highest BCUT2D eigenvalue weighted by molar-refractivity contribution is 5.97. The summed E-state index contributed by atoms with van der Waals surface area (Å²) < 4.78 is 0. The summed E-state index contributed by atoms with van der Waals surface area (Å²) in [4.78, 5) is 82.4. The Labute approximate surface area is 209 Å². The zero-order chi connectivity index (χ0) is 28.3. The van der Waals surface area contributed by atoms with Crippen LogP contribution in [0.4, 0.5) is 0 Å². The molecule has 0 aromatic heterocycles. The van der Waals surface area contributed by atoms with Gasteiger partial charge in [0.1, 0.15) is 23.9 Å². The lowest BCUT2D eigenvalue weighted by Gasteiger charge is -2.24. The number of rotatable bonds is 15. The van der Waals surface area contributed by atoms with Gasteiger partial charge in [0.2, 0.25) is 23.6 Å². The van der Waals surface area contributed by atoms with Gasteiger partial charge in [0.25, 0.3) is 0 Å². The van der Waals surface area contributed by atoms with Crippen molar-refractivity contribution in [1.29, 1.82) is 0 Å². The van der Waals surface area contributed by atoms with Gasteiger partial charge < -0.3 is 47.8 Å². The molecule has 1 aromatic carbocycles. The molecule has 0 aliphatic heterocycles. The first-order valence-corrected chi connectivity index (χ1v) is 10.6. The highest BCUT2D eigenvalue weighted by Crippen LogP contribution is 2.11. The fraction of sp³-hybridized carbons (Fsp3) is 0.381. The van der Waals surface area contributed by atoms with Crippen LogP contribution in [0.1, 0.15) is 24.8 Å². The van der Waals surface area contributed by atoms with Gasteiger partial charge in [0.15, 0.2) is 0 Å². The number of amides is 4. The van der Waals surface area contributed by atoms with Crippen LogP contribution in [0.15, 0.2) is 24.3 Å². The van der Waals surface area contributed by atoms with E-state index in [9.17, 15) is 38.7 Å². The molecule has 0 radical (unpaired) electrons. The number of hydrogen-bond donors (Lipinski definition) is 9. The van der Waals surface area contributed by atoms with Gasteiger partial charge in [-0.3, -0.25) is 28.8 Å². The molecule has 4 atom stereocenters. The summed E-state index contributed by atoms with van der Waals surface area (Å²) in [5.41, 5.74) is 11.5. The summed E-state index contributed by atoms with van der Waals surface area (Å²) in [6.45, 7) is 0. The molecule has 37 heavy (non-hydrogen) atoms. The van der Waals surface area contributed by atoms with Crippen LogP contribution >= 0.6 is 0 Å². The summed E-state index contributed by atoms with van der Waals surface area (Å²) in [5.74, 6) is -9.39. The van der Waals surface area contributed by atoms with E-state index in [-0.39, 0.29) is 12.2 Å². The van der Waals surface area contributed by atoms with E-state index in [0.29, 0.717) is 5.56 Å². The molecule has 11 N–H and O–H groups in total. The SMILES string of the molecule is NC(=O)CC(NC(=O)C(N)Cc1ccc(O)cc1)C(=O)NC(CC(=O)O)C(=O)NC(CC(=O)O)C(=O)O. The highest BCUT2D eigenvalue weighted by Gasteiger charge is 2.33. The predicted molar refractivity (Wildman–Crippen MR) is 122 cm³/mol. The fourth-order valence-corrected chi connectivity index (χ4v) is 2.97. The van der Waals surface area contributed by atoms with E-state index < -0.39 is 85.0 Å². The van der Waals surface area contributed by atoms with Crippen molar-refractivity contribution in [3.63, 3.8) is 0 Å². The number of aromatic hydroxyl groups is 1. The molecule has 16 nitrogen and oxygen atoms in total. The number of nitrogens with one attached hydrogen (secondary N) is 3. The number of carboxylic acids is 3. The molecule has 0 aliphatic carbocycles. The number of carboxylic acid groups (broad SMARTS) is 3. The fourth-order valence-electron chi connectivity index (χ4n) is 2.97. The van der Waals surface area contributed by atoms with Crippen LogP contribution < -0.4 is 27.4 Å². The number of phenolic OH excluding ortho intramolecular Hbond substituents is 1. The van der Waals surface area contributed by atoms with Crippen LogP contribution in [-0.2, 0) is 40.0 Å². The standard InChI is InChI=1S/C21H27N5O11/c22-11(5-9-1-3-10(27)4-2-9)18(33)24-12(6-15(23)28)19(34)25-13(7-16(29)30)20(35)26-14(21(36)37)8-17(31)32/h1-4,11-14,27H,5-8,22H2,(H2,23,28)(H,24,33)(H,25,34)(H,26,35)(H,29,30)(H,31,32)(H,36,37). The molecule has 0 saturated heterocycles. The quantitative estimate of drug-likeness (QED) is 0.108. The van der Waals surface area contributed by atoms with E-state index >= 15 is 0 Å². The molecule has 1 rings (SSSR count). The Bertz CT molecular complexity index is 1040. The lowest BCUT2D eigenvalue weighted by atomic mass is 10.0. The molecular formula is C21H27N5O11. The molecule has 4 amide bonds. The Morgan fingerprint density at radius 1 is 0.703 bits per heavy atom. The van der Waals surface area contributed by atoms with Gasteiger partial charge in [-0.2, -0.15) is 0 Å². The summed E-state index contributed by atoms with van der Waals surface area (Å²) in [6, 6.07) is -1.02. The van der Waals surface area contributed by atoms with Crippen molar-refractivity contribution in [2.75, 3.05) is 0 Å². The smallest absolute Gasteiger partial charge is 0.326 e. The van der Waals surface area contributed by atoms with Crippen molar-refractivity contribution in [3.05, 3.63) is 29.8 Å². The van der Waals surface area contributed by atoms with Gasteiger partial charge in [-0.05, 0) is 24.1 Å².